The van der Waals surface area contributed by atoms with Gasteiger partial charge in [-0.3, -0.25) is 14.5 Å². The van der Waals surface area contributed by atoms with Crippen LogP contribution in [0.25, 0.3) is 10.8 Å². The van der Waals surface area contributed by atoms with Crippen molar-refractivity contribution in [3.63, 3.8) is 0 Å². The lowest BCUT2D eigenvalue weighted by molar-refractivity contribution is -0.121. The molecule has 1 aliphatic heterocycles. The smallest absolute Gasteiger partial charge is 0.275 e. The van der Waals surface area contributed by atoms with Crippen molar-refractivity contribution in [3.05, 3.63) is 63.7 Å². The van der Waals surface area contributed by atoms with Crippen LogP contribution < -0.4 is 10.9 Å². The van der Waals surface area contributed by atoms with Gasteiger partial charge in [-0.05, 0) is 38.0 Å². The Hall–Kier alpha value is -2.77. The maximum atomic E-state index is 12.7. The van der Waals surface area contributed by atoms with Crippen molar-refractivity contribution >= 4 is 34.1 Å². The van der Waals surface area contributed by atoms with E-state index in [4.69, 9.17) is 11.6 Å². The van der Waals surface area contributed by atoms with E-state index in [9.17, 15) is 9.59 Å². The number of halogens is 1. The standard InChI is InChI=1S/C21H22ClN5O2/c1-14-17-4-2-3-5-18(17)21(29)27(25-14)13-26-10-8-15(9-11-26)20(28)24-19-7-6-16(22)12-23-19/h2-7,12,15H,8-11,13H2,1H3,(H,23,24,28). The summed E-state index contributed by atoms with van der Waals surface area (Å²) >= 11 is 5.82. The number of aryl methyl sites for hydroxylation is 1. The highest BCUT2D eigenvalue weighted by molar-refractivity contribution is 6.30. The molecule has 0 unspecified atom stereocenters. The number of nitrogens with one attached hydrogen (secondary N) is 1. The van der Waals surface area contributed by atoms with Gasteiger partial charge in [-0.1, -0.05) is 29.8 Å². The quantitative estimate of drug-likeness (QED) is 0.713. The van der Waals surface area contributed by atoms with Crippen LogP contribution >= 0.6 is 11.6 Å². The number of piperidine rings is 1. The van der Waals surface area contributed by atoms with Crippen LogP contribution in [0.1, 0.15) is 18.5 Å². The van der Waals surface area contributed by atoms with Gasteiger partial charge in [0.1, 0.15) is 5.82 Å². The van der Waals surface area contributed by atoms with Gasteiger partial charge in [-0.15, -0.1) is 0 Å². The fraction of sp³-hybridized carbons (Fsp3) is 0.333. The van der Waals surface area contributed by atoms with Crippen LogP contribution in [0.3, 0.4) is 0 Å². The maximum Gasteiger partial charge on any atom is 0.275 e. The number of rotatable bonds is 4. The van der Waals surface area contributed by atoms with Crippen molar-refractivity contribution in [2.75, 3.05) is 18.4 Å². The van der Waals surface area contributed by atoms with E-state index in [0.717, 1.165) is 37.0 Å². The predicted molar refractivity (Wildman–Crippen MR) is 113 cm³/mol. The van der Waals surface area contributed by atoms with Crippen LogP contribution in [0.15, 0.2) is 47.4 Å². The highest BCUT2D eigenvalue weighted by Crippen LogP contribution is 2.20. The van der Waals surface area contributed by atoms with Gasteiger partial charge < -0.3 is 5.32 Å². The number of pyridine rings is 1. The van der Waals surface area contributed by atoms with Crippen LogP contribution in [0, 0.1) is 12.8 Å². The number of fused-ring (bicyclic) bond motifs is 1. The highest BCUT2D eigenvalue weighted by Gasteiger charge is 2.25. The second-order valence-corrected chi connectivity index (χ2v) is 7.76. The topological polar surface area (TPSA) is 80.1 Å². The number of aromatic nitrogens is 3. The minimum Gasteiger partial charge on any atom is -0.310 e. The SMILES string of the molecule is Cc1nn(CN2CCC(C(=O)Nc3ccc(Cl)cn3)CC2)c(=O)c2ccccc12. The minimum atomic E-state index is -0.0834. The Bertz CT molecular complexity index is 1090. The van der Waals surface area contributed by atoms with E-state index >= 15 is 0 Å². The number of hydrogen-bond acceptors (Lipinski definition) is 5. The lowest BCUT2D eigenvalue weighted by Crippen LogP contribution is -2.41. The monoisotopic (exact) mass is 411 g/mol. The van der Waals surface area contributed by atoms with E-state index in [1.807, 2.05) is 31.2 Å². The Morgan fingerprint density at radius 1 is 1.17 bits per heavy atom. The summed E-state index contributed by atoms with van der Waals surface area (Å²) in [6.07, 6.45) is 2.96. The highest BCUT2D eigenvalue weighted by atomic mass is 35.5. The number of nitrogens with zero attached hydrogens (tertiary/aromatic N) is 4. The molecule has 0 bridgehead atoms. The van der Waals surface area contributed by atoms with Crippen molar-refractivity contribution < 1.29 is 4.79 Å². The van der Waals surface area contributed by atoms with Gasteiger partial charge in [0.05, 0.1) is 22.8 Å². The number of carbonyl (C=O) groups excluding carboxylic acids is 1. The molecule has 29 heavy (non-hydrogen) atoms. The van der Waals surface area contributed by atoms with Crippen LogP contribution in [0.2, 0.25) is 5.02 Å². The number of anilines is 1. The molecule has 1 saturated heterocycles. The Kier molecular flexibility index (Phi) is 5.60. The molecule has 150 valence electrons. The summed E-state index contributed by atoms with van der Waals surface area (Å²) in [6, 6.07) is 10.9. The molecule has 3 aromatic rings. The fourth-order valence-corrected chi connectivity index (χ4v) is 3.82. The number of hydrogen-bond donors (Lipinski definition) is 1. The van der Waals surface area contributed by atoms with Crippen molar-refractivity contribution in [2.24, 2.45) is 5.92 Å². The zero-order valence-electron chi connectivity index (χ0n) is 16.1. The normalized spacial score (nSPS) is 15.5. The summed E-state index contributed by atoms with van der Waals surface area (Å²) < 4.78 is 1.52. The van der Waals surface area contributed by atoms with Crippen LogP contribution in [0.5, 0.6) is 0 Å². The van der Waals surface area contributed by atoms with E-state index in [0.29, 0.717) is 22.9 Å². The van der Waals surface area contributed by atoms with E-state index in [2.05, 4.69) is 20.3 Å². The zero-order valence-corrected chi connectivity index (χ0v) is 16.9. The first-order chi connectivity index (χ1) is 14.0. The van der Waals surface area contributed by atoms with E-state index in [1.165, 1.54) is 10.9 Å². The third kappa shape index (κ3) is 4.31. The Balaban J connectivity index is 1.38. The van der Waals surface area contributed by atoms with E-state index in [1.54, 1.807) is 12.1 Å². The number of likely N-dealkylation sites (tertiary alicyclic amines) is 1. The summed E-state index contributed by atoms with van der Waals surface area (Å²) in [5.74, 6) is 0.396. The molecule has 1 amide bonds. The van der Waals surface area contributed by atoms with Gasteiger partial charge in [0, 0.05) is 30.6 Å². The van der Waals surface area contributed by atoms with Gasteiger partial charge in [0.2, 0.25) is 5.91 Å². The van der Waals surface area contributed by atoms with Crippen molar-refractivity contribution in [1.29, 1.82) is 0 Å². The van der Waals surface area contributed by atoms with Crippen molar-refractivity contribution in [3.8, 4) is 0 Å². The molecule has 0 saturated carbocycles. The van der Waals surface area contributed by atoms with E-state index in [-0.39, 0.29) is 17.4 Å². The fourth-order valence-electron chi connectivity index (χ4n) is 3.70. The van der Waals surface area contributed by atoms with Crippen LogP contribution in [-0.4, -0.2) is 38.7 Å². The molecule has 0 atom stereocenters. The Morgan fingerprint density at radius 2 is 1.90 bits per heavy atom. The van der Waals surface area contributed by atoms with Crippen molar-refractivity contribution in [2.45, 2.75) is 26.4 Å². The average Bonchev–Trinajstić information content (AvgIpc) is 2.74. The lowest BCUT2D eigenvalue weighted by atomic mass is 9.96. The molecule has 2 aromatic heterocycles. The second kappa shape index (κ2) is 8.31. The van der Waals surface area contributed by atoms with Gasteiger partial charge >= 0.3 is 0 Å². The summed E-state index contributed by atoms with van der Waals surface area (Å²) in [6.45, 7) is 3.80. The van der Waals surface area contributed by atoms with Crippen molar-refractivity contribution in [1.82, 2.24) is 19.7 Å². The lowest BCUT2D eigenvalue weighted by Gasteiger charge is -2.31. The summed E-state index contributed by atoms with van der Waals surface area (Å²) in [4.78, 5) is 31.5. The molecular formula is C21H22ClN5O2. The molecule has 1 aliphatic rings. The molecule has 0 aliphatic carbocycles. The molecule has 1 aromatic carbocycles. The number of amides is 1. The molecule has 1 N–H and O–H groups in total. The van der Waals surface area contributed by atoms with Crippen LogP contribution in [-0.2, 0) is 11.5 Å². The Morgan fingerprint density at radius 3 is 2.59 bits per heavy atom. The zero-order chi connectivity index (χ0) is 20.4. The number of benzene rings is 1. The van der Waals surface area contributed by atoms with Crippen LogP contribution in [0.4, 0.5) is 5.82 Å². The Labute approximate surface area is 173 Å². The molecule has 0 radical (unpaired) electrons. The average molecular weight is 412 g/mol. The summed E-state index contributed by atoms with van der Waals surface area (Å²) in [7, 11) is 0. The first-order valence-electron chi connectivity index (χ1n) is 9.62. The first kappa shape index (κ1) is 19.5. The molecule has 8 heteroatoms. The second-order valence-electron chi connectivity index (χ2n) is 7.32. The predicted octanol–water partition coefficient (Wildman–Crippen LogP) is 3.06. The minimum absolute atomic E-state index is 0.0312. The summed E-state index contributed by atoms with van der Waals surface area (Å²) in [5, 5.41) is 9.43. The van der Waals surface area contributed by atoms with Gasteiger partial charge in [-0.2, -0.15) is 5.10 Å². The summed E-state index contributed by atoms with van der Waals surface area (Å²) in [5.41, 5.74) is 0.754. The molecule has 0 spiro atoms. The third-order valence-corrected chi connectivity index (χ3v) is 5.55. The molecule has 7 nitrogen and oxygen atoms in total. The molecular weight excluding hydrogens is 390 g/mol. The first-order valence-corrected chi connectivity index (χ1v) is 10.0. The number of carbonyl (C=O) groups is 1. The molecule has 4 rings (SSSR count). The van der Waals surface area contributed by atoms with E-state index < -0.39 is 0 Å². The van der Waals surface area contributed by atoms with Gasteiger partial charge in [0.25, 0.3) is 5.56 Å². The van der Waals surface area contributed by atoms with Gasteiger partial charge in [0.15, 0.2) is 0 Å². The maximum absolute atomic E-state index is 12.7. The molecule has 3 heterocycles. The molecule has 1 fully saturated rings. The largest absolute Gasteiger partial charge is 0.310 e. The van der Waals surface area contributed by atoms with Gasteiger partial charge in [-0.25, -0.2) is 9.67 Å². The third-order valence-electron chi connectivity index (χ3n) is 5.32.